The molecule has 1 aliphatic carbocycles. The standard InChI is InChI=1S/C29H29F3N8O3/c1-5-19-15-39(27-25-21(38(4)28(41)36-27)9-10-23(33-3)35-25)16(2)14-40(19)26(20-12-22(43-37-20)17-6-7-17)18-8-11-24(34-13-18)42-29(30,31)32/h8-13,16-17,19,26H,5-7,14-15H2,1-2,4H3/t16-,19+,26?/m0/s1. The van der Waals surface area contributed by atoms with Gasteiger partial charge < -0.3 is 19.0 Å². The molecule has 43 heavy (non-hydrogen) atoms. The van der Waals surface area contributed by atoms with Gasteiger partial charge in [0, 0.05) is 56.5 Å². The molecule has 1 saturated heterocycles. The van der Waals surface area contributed by atoms with Gasteiger partial charge in [0.15, 0.2) is 5.82 Å². The minimum atomic E-state index is -4.85. The SMILES string of the molecule is [C-]#[N+]c1ccc2c(n1)c(N1C[C@@H](CC)N(C(c3ccc(OC(F)(F)F)nc3)c3cc(C4CC4)on3)C[C@@H]1C)nc(=O)n2C. The van der Waals surface area contributed by atoms with E-state index in [0.29, 0.717) is 53.5 Å². The minimum Gasteiger partial charge on any atom is -0.388 e. The van der Waals surface area contributed by atoms with Gasteiger partial charge in [0.05, 0.1) is 11.6 Å². The number of hydrogen-bond acceptors (Lipinski definition) is 9. The average molecular weight is 595 g/mol. The molecule has 2 aliphatic rings. The first-order chi connectivity index (χ1) is 20.6. The highest BCUT2D eigenvalue weighted by Crippen LogP contribution is 2.42. The van der Waals surface area contributed by atoms with Gasteiger partial charge in [0.25, 0.3) is 5.82 Å². The van der Waals surface area contributed by atoms with Crippen LogP contribution in [-0.2, 0) is 7.05 Å². The van der Waals surface area contributed by atoms with Crippen LogP contribution in [0.1, 0.15) is 62.1 Å². The largest absolute Gasteiger partial charge is 0.574 e. The van der Waals surface area contributed by atoms with Crippen molar-refractivity contribution >= 4 is 22.7 Å². The highest BCUT2D eigenvalue weighted by molar-refractivity contribution is 5.87. The van der Waals surface area contributed by atoms with E-state index in [1.165, 1.54) is 16.8 Å². The maximum absolute atomic E-state index is 12.8. The fourth-order valence-electron chi connectivity index (χ4n) is 5.76. The molecule has 0 aromatic carbocycles. The predicted molar refractivity (Wildman–Crippen MR) is 150 cm³/mol. The Morgan fingerprint density at radius 3 is 2.63 bits per heavy atom. The molecular formula is C29H29F3N8O3. The van der Waals surface area contributed by atoms with Crippen molar-refractivity contribution in [1.29, 1.82) is 0 Å². The third-order valence-electron chi connectivity index (χ3n) is 8.10. The summed E-state index contributed by atoms with van der Waals surface area (Å²) < 4.78 is 49.5. The van der Waals surface area contributed by atoms with Gasteiger partial charge in [-0.3, -0.25) is 9.47 Å². The Hall–Kier alpha value is -4.51. The Bertz CT molecular complexity index is 1740. The Balaban J connectivity index is 1.38. The summed E-state index contributed by atoms with van der Waals surface area (Å²) in [5, 5.41) is 4.40. The van der Waals surface area contributed by atoms with E-state index in [1.807, 2.05) is 24.8 Å². The Labute approximate surface area is 244 Å². The molecule has 2 fully saturated rings. The molecule has 224 valence electrons. The van der Waals surface area contributed by atoms with Gasteiger partial charge in [-0.1, -0.05) is 24.7 Å². The molecule has 14 heteroatoms. The molecule has 1 aliphatic heterocycles. The fourth-order valence-corrected chi connectivity index (χ4v) is 5.76. The third kappa shape index (κ3) is 5.64. The number of piperazine rings is 1. The first-order valence-electron chi connectivity index (χ1n) is 14.0. The van der Waals surface area contributed by atoms with Gasteiger partial charge in [0.2, 0.25) is 11.4 Å². The second-order valence-electron chi connectivity index (χ2n) is 11.0. The van der Waals surface area contributed by atoms with Crippen molar-refractivity contribution in [1.82, 2.24) is 29.6 Å². The normalized spacial score (nSPS) is 20.3. The lowest BCUT2D eigenvalue weighted by Gasteiger charge is -2.48. The molecule has 6 rings (SSSR count). The average Bonchev–Trinajstić information content (AvgIpc) is 3.72. The number of fused-ring (bicyclic) bond motifs is 1. The summed E-state index contributed by atoms with van der Waals surface area (Å²) in [6.45, 7) is 12.5. The summed E-state index contributed by atoms with van der Waals surface area (Å²) in [4.78, 5) is 33.4. The van der Waals surface area contributed by atoms with Crippen LogP contribution in [0.2, 0.25) is 0 Å². The second kappa shape index (κ2) is 11.0. The van der Waals surface area contributed by atoms with E-state index < -0.39 is 24.0 Å². The van der Waals surface area contributed by atoms with Gasteiger partial charge in [0.1, 0.15) is 11.5 Å². The summed E-state index contributed by atoms with van der Waals surface area (Å²) in [6, 6.07) is 7.27. The van der Waals surface area contributed by atoms with E-state index in [9.17, 15) is 18.0 Å². The van der Waals surface area contributed by atoms with Crippen LogP contribution in [0.5, 0.6) is 5.88 Å². The van der Waals surface area contributed by atoms with Crippen molar-refractivity contribution in [2.45, 2.75) is 63.5 Å². The zero-order valence-electron chi connectivity index (χ0n) is 23.7. The lowest BCUT2D eigenvalue weighted by Crippen LogP contribution is -2.58. The maximum atomic E-state index is 12.8. The third-order valence-corrected chi connectivity index (χ3v) is 8.10. The number of ether oxygens (including phenoxy) is 1. The number of aryl methyl sites for hydroxylation is 1. The summed E-state index contributed by atoms with van der Waals surface area (Å²) in [5.74, 6) is 1.19. The van der Waals surface area contributed by atoms with Crippen LogP contribution in [0.15, 0.2) is 45.8 Å². The first-order valence-corrected chi connectivity index (χ1v) is 14.0. The molecule has 0 spiro atoms. The van der Waals surface area contributed by atoms with E-state index in [2.05, 4.69) is 34.6 Å². The predicted octanol–water partition coefficient (Wildman–Crippen LogP) is 5.12. The molecule has 1 saturated carbocycles. The molecule has 0 bridgehead atoms. The molecule has 0 radical (unpaired) electrons. The van der Waals surface area contributed by atoms with Crippen molar-refractivity contribution in [2.75, 3.05) is 18.0 Å². The van der Waals surface area contributed by atoms with Crippen LogP contribution in [-0.4, -0.2) is 61.1 Å². The van der Waals surface area contributed by atoms with Crippen molar-refractivity contribution < 1.29 is 22.4 Å². The van der Waals surface area contributed by atoms with Crippen LogP contribution in [0.4, 0.5) is 24.8 Å². The van der Waals surface area contributed by atoms with Gasteiger partial charge in [-0.2, -0.15) is 4.98 Å². The van der Waals surface area contributed by atoms with Crippen molar-refractivity contribution in [3.8, 4) is 5.88 Å². The van der Waals surface area contributed by atoms with Gasteiger partial charge in [-0.15, -0.1) is 18.2 Å². The molecule has 0 amide bonds. The first kappa shape index (κ1) is 28.6. The molecular weight excluding hydrogens is 565 g/mol. The lowest BCUT2D eigenvalue weighted by molar-refractivity contribution is -0.276. The van der Waals surface area contributed by atoms with Crippen molar-refractivity contribution in [2.24, 2.45) is 7.05 Å². The van der Waals surface area contributed by atoms with E-state index in [1.54, 1.807) is 25.2 Å². The number of hydrogen-bond donors (Lipinski definition) is 0. The molecule has 5 heterocycles. The number of halogens is 3. The van der Waals surface area contributed by atoms with Crippen LogP contribution in [0, 0.1) is 6.57 Å². The summed E-state index contributed by atoms with van der Waals surface area (Å²) in [5.41, 5.74) is 1.91. The summed E-state index contributed by atoms with van der Waals surface area (Å²) >= 11 is 0. The molecule has 1 unspecified atom stereocenters. The summed E-state index contributed by atoms with van der Waals surface area (Å²) in [7, 11) is 1.62. The van der Waals surface area contributed by atoms with Crippen LogP contribution < -0.4 is 15.3 Å². The smallest absolute Gasteiger partial charge is 0.388 e. The highest BCUT2D eigenvalue weighted by Gasteiger charge is 2.40. The van der Waals surface area contributed by atoms with E-state index in [0.717, 1.165) is 18.6 Å². The van der Waals surface area contributed by atoms with Crippen LogP contribution in [0.25, 0.3) is 15.9 Å². The van der Waals surface area contributed by atoms with E-state index in [4.69, 9.17) is 11.1 Å². The number of pyridine rings is 2. The lowest BCUT2D eigenvalue weighted by atomic mass is 9.96. The van der Waals surface area contributed by atoms with Crippen LogP contribution in [0.3, 0.4) is 0 Å². The van der Waals surface area contributed by atoms with Crippen molar-refractivity contribution in [3.05, 3.63) is 75.4 Å². The van der Waals surface area contributed by atoms with Gasteiger partial charge >= 0.3 is 12.1 Å². The van der Waals surface area contributed by atoms with Crippen LogP contribution >= 0.6 is 0 Å². The zero-order valence-corrected chi connectivity index (χ0v) is 23.7. The maximum Gasteiger partial charge on any atom is 0.574 e. The van der Waals surface area contributed by atoms with E-state index >= 15 is 0 Å². The fraction of sp³-hybridized carbons (Fsp3) is 0.448. The Morgan fingerprint density at radius 1 is 1.19 bits per heavy atom. The van der Waals surface area contributed by atoms with E-state index in [-0.39, 0.29) is 17.9 Å². The quantitative estimate of drug-likeness (QED) is 0.270. The molecule has 0 N–H and O–H groups in total. The van der Waals surface area contributed by atoms with Gasteiger partial charge in [-0.25, -0.2) is 9.78 Å². The number of alkyl halides is 3. The molecule has 4 aromatic rings. The van der Waals surface area contributed by atoms with Crippen molar-refractivity contribution in [3.63, 3.8) is 0 Å². The number of nitrogens with zero attached hydrogens (tertiary/aromatic N) is 8. The second-order valence-corrected chi connectivity index (χ2v) is 11.0. The molecule has 3 atom stereocenters. The Kier molecular flexibility index (Phi) is 7.29. The number of rotatable bonds is 7. The minimum absolute atomic E-state index is 0.0849. The molecule has 4 aromatic heterocycles. The number of aromatic nitrogens is 5. The Morgan fingerprint density at radius 2 is 1.98 bits per heavy atom. The monoisotopic (exact) mass is 594 g/mol. The summed E-state index contributed by atoms with van der Waals surface area (Å²) in [6.07, 6.45) is -0.706. The topological polar surface area (TPSA) is 107 Å². The van der Waals surface area contributed by atoms with Gasteiger partial charge in [-0.05, 0) is 43.9 Å². The highest BCUT2D eigenvalue weighted by atomic mass is 19.4. The zero-order chi connectivity index (χ0) is 30.5. The number of anilines is 1. The molecule has 11 nitrogen and oxygen atoms in total.